The van der Waals surface area contributed by atoms with E-state index in [1.54, 1.807) is 0 Å². The van der Waals surface area contributed by atoms with E-state index < -0.39 is 13.0 Å². The van der Waals surface area contributed by atoms with E-state index >= 15 is 0 Å². The summed E-state index contributed by atoms with van der Waals surface area (Å²) in [5.41, 5.74) is 0. The van der Waals surface area contributed by atoms with E-state index in [1.807, 2.05) is 5.32 Å². The summed E-state index contributed by atoms with van der Waals surface area (Å²) in [5, 5.41) is 2.03. The van der Waals surface area contributed by atoms with Crippen molar-refractivity contribution in [3.8, 4) is 0 Å². The molecule has 0 radical (unpaired) electrons. The zero-order valence-corrected chi connectivity index (χ0v) is 5.18. The second-order valence-electron chi connectivity index (χ2n) is 0.746. The van der Waals surface area contributed by atoms with E-state index in [0.717, 1.165) is 0 Å². The Morgan fingerprint density at radius 2 is 1.71 bits per heavy atom. The fraction of sp³-hybridized carbons (Fsp3) is 1.00. The molecule has 0 unspecified atom stereocenters. The first-order valence-electron chi connectivity index (χ1n) is 3.74. The Kier molecular flexibility index (Phi) is 2.71. The van der Waals surface area contributed by atoms with Crippen LogP contribution >= 0.6 is 23.2 Å². The van der Waals surface area contributed by atoms with E-state index in [0.29, 0.717) is 0 Å². The molecule has 0 aliphatic carbocycles. The normalized spacial score (nSPS) is 22.0. The third-order valence-corrected chi connectivity index (χ3v) is 0.578. The van der Waals surface area contributed by atoms with Gasteiger partial charge >= 0.3 is 0 Å². The zero-order valence-electron chi connectivity index (χ0n) is 7.67. The maximum atomic E-state index is 7.06. The summed E-state index contributed by atoms with van der Waals surface area (Å²) < 4.78 is 28.2. The minimum Gasteiger partial charge on any atom is -0.314 e. The second kappa shape index (κ2) is 6.54. The highest BCUT2D eigenvalue weighted by Gasteiger charge is 1.78. The van der Waals surface area contributed by atoms with Crippen LogP contribution in [0.25, 0.3) is 0 Å². The Morgan fingerprint density at radius 3 is 2.00 bits per heavy atom. The molecule has 7 heavy (non-hydrogen) atoms. The van der Waals surface area contributed by atoms with Gasteiger partial charge in [-0.25, -0.2) is 0 Å². The molecule has 0 saturated carbocycles. The molecular weight excluding hydrogens is 133 g/mol. The van der Waals surface area contributed by atoms with Gasteiger partial charge in [-0.2, -0.15) is 0 Å². The highest BCUT2D eigenvalue weighted by Crippen LogP contribution is 1.71. The van der Waals surface area contributed by atoms with Crippen molar-refractivity contribution in [3.63, 3.8) is 0 Å². The fourth-order valence-electron chi connectivity index (χ4n) is 0.129. The Bertz CT molecular complexity index is 115. The monoisotopic (exact) mass is 145 g/mol. The lowest BCUT2D eigenvalue weighted by molar-refractivity contribution is 0.770. The summed E-state index contributed by atoms with van der Waals surface area (Å²) >= 11 is 10.4. The van der Waals surface area contributed by atoms with Gasteiger partial charge in [0.25, 0.3) is 0 Å². The molecule has 0 saturated heterocycles. The van der Waals surface area contributed by atoms with Crippen molar-refractivity contribution < 1.29 is 5.48 Å². The number of halogens is 2. The van der Waals surface area contributed by atoms with Crippen molar-refractivity contribution in [1.29, 1.82) is 0 Å². The van der Waals surface area contributed by atoms with E-state index in [9.17, 15) is 0 Å². The van der Waals surface area contributed by atoms with Gasteiger partial charge in [0.05, 0.1) is 0 Å². The number of rotatable bonds is 4. The van der Waals surface area contributed by atoms with Gasteiger partial charge in [0.1, 0.15) is 0 Å². The van der Waals surface area contributed by atoms with Crippen LogP contribution in [0.5, 0.6) is 0 Å². The van der Waals surface area contributed by atoms with Crippen LogP contribution in [-0.2, 0) is 0 Å². The third kappa shape index (κ3) is 6.54. The van der Waals surface area contributed by atoms with Crippen LogP contribution in [0.1, 0.15) is 5.48 Å². The quantitative estimate of drug-likeness (QED) is 0.584. The first kappa shape index (κ1) is 2.90. The summed E-state index contributed by atoms with van der Waals surface area (Å²) in [5.74, 6) is -0.632. The molecular formula is C4H9Cl2N. The van der Waals surface area contributed by atoms with E-state index in [-0.39, 0.29) is 11.8 Å². The Balaban J connectivity index is 4.02. The van der Waals surface area contributed by atoms with Crippen molar-refractivity contribution in [1.82, 2.24) is 5.32 Å². The molecule has 1 N–H and O–H groups in total. The molecule has 0 bridgehead atoms. The van der Waals surface area contributed by atoms with Crippen molar-refractivity contribution in [2.75, 3.05) is 24.8 Å². The average Bonchev–Trinajstić information content (AvgIpc) is 1.86. The summed E-state index contributed by atoms with van der Waals surface area (Å²) in [6, 6.07) is 0. The minimum atomic E-state index is -1.92. The Labute approximate surface area is 59.6 Å². The van der Waals surface area contributed by atoms with E-state index in [1.165, 1.54) is 0 Å². The van der Waals surface area contributed by atoms with Gasteiger partial charge in [-0.05, 0) is 0 Å². The first-order chi connectivity index (χ1) is 4.83. The van der Waals surface area contributed by atoms with Crippen molar-refractivity contribution in [3.05, 3.63) is 0 Å². The zero-order chi connectivity index (χ0) is 9.12. The van der Waals surface area contributed by atoms with Crippen molar-refractivity contribution in [2.45, 2.75) is 0 Å². The molecule has 3 heteroatoms. The summed E-state index contributed by atoms with van der Waals surface area (Å²) in [4.78, 5) is 0. The molecule has 0 heterocycles. The van der Waals surface area contributed by atoms with E-state index in [4.69, 9.17) is 28.7 Å². The van der Waals surface area contributed by atoms with Crippen LogP contribution in [0.2, 0.25) is 0 Å². The van der Waals surface area contributed by atoms with Gasteiger partial charge in [-0.1, -0.05) is 0 Å². The standard InChI is InChI=1S/C4H9Cl2N/c5-1-3-7-4-2-6/h7H,1-4H2/i3D2,4D2. The molecule has 1 nitrogen and oxygen atoms in total. The summed E-state index contributed by atoms with van der Waals surface area (Å²) in [6.07, 6.45) is 0. The smallest absolute Gasteiger partial charge is 0.0440 e. The van der Waals surface area contributed by atoms with Crippen molar-refractivity contribution in [2.24, 2.45) is 0 Å². The van der Waals surface area contributed by atoms with Crippen LogP contribution in [0.3, 0.4) is 0 Å². The van der Waals surface area contributed by atoms with Gasteiger partial charge in [-0.3, -0.25) is 0 Å². The first-order valence-corrected chi connectivity index (χ1v) is 2.81. The average molecular weight is 146 g/mol. The molecule has 44 valence electrons. The topological polar surface area (TPSA) is 12.0 Å². The van der Waals surface area contributed by atoms with Crippen LogP contribution in [0.15, 0.2) is 0 Å². The maximum Gasteiger partial charge on any atom is 0.0440 e. The Hall–Kier alpha value is 0.540. The lowest BCUT2D eigenvalue weighted by Gasteiger charge is -1.93. The predicted molar refractivity (Wildman–Crippen MR) is 34.3 cm³/mol. The van der Waals surface area contributed by atoms with Crippen LogP contribution in [0.4, 0.5) is 0 Å². The largest absolute Gasteiger partial charge is 0.314 e. The van der Waals surface area contributed by atoms with Crippen molar-refractivity contribution >= 4 is 23.2 Å². The van der Waals surface area contributed by atoms with Gasteiger partial charge in [0, 0.05) is 30.2 Å². The molecule has 0 aliphatic heterocycles. The fourth-order valence-corrected chi connectivity index (χ4v) is 0.263. The molecule has 0 rings (SSSR count). The molecule has 0 aromatic rings. The number of alkyl halides is 2. The predicted octanol–water partition coefficient (Wildman–Crippen LogP) is 1.05. The van der Waals surface area contributed by atoms with Crippen LogP contribution in [0, 0.1) is 0 Å². The lowest BCUT2D eigenvalue weighted by atomic mass is 10.7. The van der Waals surface area contributed by atoms with E-state index in [2.05, 4.69) is 0 Å². The minimum absolute atomic E-state index is 0.316. The number of hydrogen-bond acceptors (Lipinski definition) is 1. The van der Waals surface area contributed by atoms with Crippen LogP contribution in [-0.4, -0.2) is 24.8 Å². The maximum absolute atomic E-state index is 7.06. The van der Waals surface area contributed by atoms with Gasteiger partial charge < -0.3 is 5.32 Å². The molecule has 0 amide bonds. The second-order valence-corrected chi connectivity index (χ2v) is 1.28. The molecule has 0 aromatic heterocycles. The molecule has 0 aliphatic rings. The van der Waals surface area contributed by atoms with Gasteiger partial charge in [-0.15, -0.1) is 23.2 Å². The summed E-state index contributed by atoms with van der Waals surface area (Å²) in [7, 11) is 0. The lowest BCUT2D eigenvalue weighted by Crippen LogP contribution is -2.18. The number of nitrogens with one attached hydrogen (secondary N) is 1. The van der Waals surface area contributed by atoms with Crippen LogP contribution < -0.4 is 5.32 Å². The Morgan fingerprint density at radius 1 is 1.29 bits per heavy atom. The molecule has 0 spiro atoms. The number of hydrogen-bond donors (Lipinski definition) is 1. The SMILES string of the molecule is [2H]C([2H])(CCl)NC([2H])([2H])CCl. The van der Waals surface area contributed by atoms with Gasteiger partial charge in [0.2, 0.25) is 0 Å². The summed E-state index contributed by atoms with van der Waals surface area (Å²) in [6.45, 7) is -3.83. The third-order valence-electron chi connectivity index (χ3n) is 0.310. The van der Waals surface area contributed by atoms with Gasteiger partial charge in [0.15, 0.2) is 0 Å². The highest BCUT2D eigenvalue weighted by atomic mass is 35.5. The molecule has 0 fully saturated rings. The highest BCUT2D eigenvalue weighted by molar-refractivity contribution is 6.18. The molecule has 0 aromatic carbocycles. The molecule has 0 atom stereocenters.